The minimum Gasteiger partial charge on any atom is -0.249 e. The molecule has 0 spiro atoms. The molecule has 0 saturated carbocycles. The molecule has 0 amide bonds. The molecule has 8 heteroatoms. The Morgan fingerprint density at radius 2 is 2.08 bits per heavy atom. The molecule has 0 unspecified atom stereocenters. The first kappa shape index (κ1) is 17.1. The van der Waals surface area contributed by atoms with Gasteiger partial charge in [-0.2, -0.15) is 22.5 Å². The first-order valence-electron chi connectivity index (χ1n) is 8.18. The molecule has 2 aromatic rings. The van der Waals surface area contributed by atoms with Gasteiger partial charge in [-0.25, -0.2) is 9.67 Å². The van der Waals surface area contributed by atoms with Gasteiger partial charge in [0.05, 0.1) is 6.54 Å². The van der Waals surface area contributed by atoms with Crippen molar-refractivity contribution in [3.8, 4) is 0 Å². The smallest absolute Gasteiger partial charge is 0.249 e. The molecule has 1 aromatic carbocycles. The van der Waals surface area contributed by atoms with E-state index in [0.29, 0.717) is 25.6 Å². The van der Waals surface area contributed by atoms with Crippen LogP contribution in [0.1, 0.15) is 30.9 Å². The topological polar surface area (TPSA) is 80.1 Å². The fraction of sp³-hybridized carbons (Fsp3) is 0.500. The lowest BCUT2D eigenvalue weighted by molar-refractivity contribution is 0.278. The van der Waals surface area contributed by atoms with Crippen molar-refractivity contribution in [1.29, 1.82) is 0 Å². The lowest BCUT2D eigenvalue weighted by Gasteiger charge is -2.30. The number of hydrogen-bond donors (Lipinski definition) is 1. The van der Waals surface area contributed by atoms with Gasteiger partial charge < -0.3 is 0 Å². The van der Waals surface area contributed by atoms with Crippen LogP contribution in [0.15, 0.2) is 36.9 Å². The number of nitrogens with zero attached hydrogens (tertiary/aromatic N) is 4. The highest BCUT2D eigenvalue weighted by Crippen LogP contribution is 2.18. The second kappa shape index (κ2) is 7.42. The molecular formula is C16H23N5O2S. The fourth-order valence-corrected chi connectivity index (χ4v) is 4.34. The first-order chi connectivity index (χ1) is 11.5. The zero-order chi connectivity index (χ0) is 17.0. The highest BCUT2D eigenvalue weighted by atomic mass is 32.2. The Morgan fingerprint density at radius 3 is 2.79 bits per heavy atom. The monoisotopic (exact) mass is 349 g/mol. The number of rotatable bonds is 6. The summed E-state index contributed by atoms with van der Waals surface area (Å²) >= 11 is 0. The zero-order valence-corrected chi connectivity index (χ0v) is 14.6. The Kier molecular flexibility index (Phi) is 5.27. The van der Waals surface area contributed by atoms with Crippen LogP contribution in [0, 0.1) is 5.92 Å². The van der Waals surface area contributed by atoms with E-state index < -0.39 is 10.2 Å². The van der Waals surface area contributed by atoms with Crippen LogP contribution in [0.4, 0.5) is 0 Å². The molecule has 1 aromatic heterocycles. The second-order valence-electron chi connectivity index (χ2n) is 6.29. The van der Waals surface area contributed by atoms with Gasteiger partial charge in [-0.15, -0.1) is 0 Å². The maximum atomic E-state index is 12.5. The molecule has 2 heterocycles. The van der Waals surface area contributed by atoms with Gasteiger partial charge in [0.15, 0.2) is 0 Å². The van der Waals surface area contributed by atoms with Gasteiger partial charge in [-0.3, -0.25) is 0 Å². The Morgan fingerprint density at radius 1 is 1.29 bits per heavy atom. The van der Waals surface area contributed by atoms with Gasteiger partial charge in [-0.1, -0.05) is 31.2 Å². The highest BCUT2D eigenvalue weighted by Gasteiger charge is 2.26. The second-order valence-corrected chi connectivity index (χ2v) is 8.05. The molecule has 0 aliphatic carbocycles. The summed E-state index contributed by atoms with van der Waals surface area (Å²) in [4.78, 5) is 3.94. The molecule has 1 N–H and O–H groups in total. The Bertz CT molecular complexity index is 761. The number of aromatic nitrogens is 3. The molecule has 1 atom stereocenters. The summed E-state index contributed by atoms with van der Waals surface area (Å²) in [6.07, 6.45) is 5.15. The predicted molar refractivity (Wildman–Crippen MR) is 91.3 cm³/mol. The lowest BCUT2D eigenvalue weighted by Crippen LogP contribution is -2.45. The normalized spacial score (nSPS) is 19.5. The van der Waals surface area contributed by atoms with Gasteiger partial charge >= 0.3 is 0 Å². The first-order valence-corrected chi connectivity index (χ1v) is 9.62. The van der Waals surface area contributed by atoms with E-state index >= 15 is 0 Å². The van der Waals surface area contributed by atoms with E-state index in [-0.39, 0.29) is 6.54 Å². The maximum Gasteiger partial charge on any atom is 0.279 e. The van der Waals surface area contributed by atoms with Crippen LogP contribution < -0.4 is 4.72 Å². The molecule has 1 aliphatic rings. The highest BCUT2D eigenvalue weighted by molar-refractivity contribution is 7.87. The van der Waals surface area contributed by atoms with Gasteiger partial charge in [0.25, 0.3) is 10.2 Å². The summed E-state index contributed by atoms with van der Waals surface area (Å²) < 4.78 is 31.1. The van der Waals surface area contributed by atoms with Crippen molar-refractivity contribution in [3.05, 3.63) is 48.0 Å². The number of hydrogen-bond acceptors (Lipinski definition) is 4. The molecule has 0 bridgehead atoms. The van der Waals surface area contributed by atoms with Crippen LogP contribution in [0.25, 0.3) is 0 Å². The molecule has 1 fully saturated rings. The van der Waals surface area contributed by atoms with Gasteiger partial charge in [0, 0.05) is 19.6 Å². The van der Waals surface area contributed by atoms with E-state index in [1.54, 1.807) is 15.3 Å². The maximum absolute atomic E-state index is 12.5. The molecule has 130 valence electrons. The number of nitrogens with one attached hydrogen (secondary N) is 1. The van der Waals surface area contributed by atoms with Gasteiger partial charge in [-0.05, 0) is 29.9 Å². The van der Waals surface area contributed by atoms with Crippen LogP contribution in [0.2, 0.25) is 0 Å². The summed E-state index contributed by atoms with van der Waals surface area (Å²) in [5.41, 5.74) is 1.97. The quantitative estimate of drug-likeness (QED) is 0.855. The Hall–Kier alpha value is -1.77. The summed E-state index contributed by atoms with van der Waals surface area (Å²) in [6.45, 7) is 4.13. The average Bonchev–Trinajstić information content (AvgIpc) is 3.07. The van der Waals surface area contributed by atoms with E-state index in [1.807, 2.05) is 24.3 Å². The molecule has 0 radical (unpaired) electrons. The molecule has 24 heavy (non-hydrogen) atoms. The van der Waals surface area contributed by atoms with Crippen molar-refractivity contribution in [2.24, 2.45) is 5.92 Å². The molecule has 1 saturated heterocycles. The van der Waals surface area contributed by atoms with Gasteiger partial charge in [0.1, 0.15) is 12.7 Å². The van der Waals surface area contributed by atoms with E-state index in [9.17, 15) is 8.42 Å². The predicted octanol–water partition coefficient (Wildman–Crippen LogP) is 1.39. The van der Waals surface area contributed by atoms with E-state index in [2.05, 4.69) is 21.7 Å². The molecule has 7 nitrogen and oxygen atoms in total. The third-order valence-corrected chi connectivity index (χ3v) is 5.84. The van der Waals surface area contributed by atoms with Gasteiger partial charge in [0.2, 0.25) is 0 Å². The minimum absolute atomic E-state index is 0.276. The Balaban J connectivity index is 1.68. The van der Waals surface area contributed by atoms with Crippen molar-refractivity contribution in [2.75, 3.05) is 13.1 Å². The molecule has 3 rings (SSSR count). The van der Waals surface area contributed by atoms with Crippen molar-refractivity contribution in [2.45, 2.75) is 32.9 Å². The van der Waals surface area contributed by atoms with Crippen LogP contribution in [-0.2, 0) is 23.3 Å². The van der Waals surface area contributed by atoms with E-state index in [4.69, 9.17) is 0 Å². The number of benzene rings is 1. The van der Waals surface area contributed by atoms with Crippen molar-refractivity contribution < 1.29 is 8.42 Å². The largest absolute Gasteiger partial charge is 0.279 e. The third kappa shape index (κ3) is 4.19. The Labute approximate surface area is 142 Å². The SMILES string of the molecule is C[C@@H]1CCCN(S(=O)(=O)NCc2ccccc2Cn2cncn2)C1. The van der Waals surface area contributed by atoms with Crippen LogP contribution >= 0.6 is 0 Å². The molecular weight excluding hydrogens is 326 g/mol. The summed E-state index contributed by atoms with van der Waals surface area (Å²) in [6, 6.07) is 7.77. The van der Waals surface area contributed by atoms with Crippen molar-refractivity contribution in [3.63, 3.8) is 0 Å². The standard InChI is InChI=1S/C16H23N5O2S/c1-14-5-4-8-21(10-14)24(22,23)19-9-15-6-2-3-7-16(15)11-20-13-17-12-18-20/h2-3,6-7,12-14,19H,4-5,8-11H2,1H3/t14-/m1/s1. The van der Waals surface area contributed by atoms with Crippen LogP contribution in [0.3, 0.4) is 0 Å². The van der Waals surface area contributed by atoms with Crippen LogP contribution in [-0.4, -0.2) is 40.6 Å². The number of piperidine rings is 1. The minimum atomic E-state index is -3.44. The van der Waals surface area contributed by atoms with E-state index in [0.717, 1.165) is 24.0 Å². The third-order valence-electron chi connectivity index (χ3n) is 4.32. The summed E-state index contributed by atoms with van der Waals surface area (Å²) in [5, 5.41) is 4.10. The van der Waals surface area contributed by atoms with Crippen molar-refractivity contribution in [1.82, 2.24) is 23.8 Å². The lowest BCUT2D eigenvalue weighted by atomic mass is 10.0. The molecule has 1 aliphatic heterocycles. The van der Waals surface area contributed by atoms with Crippen LogP contribution in [0.5, 0.6) is 0 Å². The fourth-order valence-electron chi connectivity index (χ4n) is 3.00. The van der Waals surface area contributed by atoms with Crippen molar-refractivity contribution >= 4 is 10.2 Å². The summed E-state index contributed by atoms with van der Waals surface area (Å²) in [5.74, 6) is 0.412. The average molecular weight is 349 g/mol. The zero-order valence-electron chi connectivity index (χ0n) is 13.8. The van der Waals surface area contributed by atoms with E-state index in [1.165, 1.54) is 6.33 Å². The summed E-state index contributed by atoms with van der Waals surface area (Å²) in [7, 11) is -3.44.